The van der Waals surface area contributed by atoms with Crippen LogP contribution in [0.4, 0.5) is 0 Å². The second kappa shape index (κ2) is 7.83. The van der Waals surface area contributed by atoms with Gasteiger partial charge in [-0.3, -0.25) is 4.79 Å². The molecule has 2 aromatic rings. The molecule has 0 spiro atoms. The van der Waals surface area contributed by atoms with E-state index in [1.165, 1.54) is 24.3 Å². The van der Waals surface area contributed by atoms with Gasteiger partial charge in [-0.25, -0.2) is 8.42 Å². The molecule has 0 aliphatic heterocycles. The van der Waals surface area contributed by atoms with Gasteiger partial charge < -0.3 is 15.7 Å². The van der Waals surface area contributed by atoms with Crippen molar-refractivity contribution in [2.24, 2.45) is 5.73 Å². The number of hydrogen-bond acceptors (Lipinski definition) is 5. The van der Waals surface area contributed by atoms with Crippen molar-refractivity contribution in [3.63, 3.8) is 0 Å². The number of carboxylic acid groups (broad SMARTS) is 1. The molecule has 0 aliphatic carbocycles. The molecule has 0 aromatic heterocycles. The van der Waals surface area contributed by atoms with Crippen LogP contribution in [0.25, 0.3) is 0 Å². The van der Waals surface area contributed by atoms with E-state index in [1.807, 2.05) is 4.89 Å². The van der Waals surface area contributed by atoms with Crippen LogP contribution in [0.2, 0.25) is 5.02 Å². The number of hydrogen-bond donors (Lipinski definition) is 3. The zero-order valence-electron chi connectivity index (χ0n) is 13.3. The Bertz CT molecular complexity index is 869. The number of aliphatic carboxylic acids is 1. The first-order valence-electron chi connectivity index (χ1n) is 7.21. The van der Waals surface area contributed by atoms with Crippen LogP contribution in [0.5, 0.6) is 5.75 Å². The van der Waals surface area contributed by atoms with E-state index >= 15 is 0 Å². The van der Waals surface area contributed by atoms with Gasteiger partial charge in [-0.15, -0.1) is 0 Å². The summed E-state index contributed by atoms with van der Waals surface area (Å²) in [5, 5.41) is 9.32. The van der Waals surface area contributed by atoms with Crippen LogP contribution < -0.4 is 15.5 Å². The summed E-state index contributed by atoms with van der Waals surface area (Å²) >= 11 is 5.73. The topological polar surface area (TPSA) is 119 Å². The summed E-state index contributed by atoms with van der Waals surface area (Å²) < 4.78 is 24.3. The summed E-state index contributed by atoms with van der Waals surface area (Å²) in [6, 6.07) is 9.34. The highest BCUT2D eigenvalue weighted by Crippen LogP contribution is 2.19. The normalized spacial score (nSPS) is 12.6. The van der Waals surface area contributed by atoms with Gasteiger partial charge in [0.15, 0.2) is 0 Å². The largest absolute Gasteiger partial charge is 0.480 e. The average molecular weight is 385 g/mol. The van der Waals surface area contributed by atoms with E-state index in [0.717, 1.165) is 5.56 Å². The molecule has 4 N–H and O–H groups in total. The van der Waals surface area contributed by atoms with Crippen molar-refractivity contribution in [1.82, 2.24) is 4.89 Å². The number of sulfonamides is 1. The molecule has 0 radical (unpaired) electrons. The predicted molar refractivity (Wildman–Crippen MR) is 92.9 cm³/mol. The maximum atomic E-state index is 12.2. The zero-order valence-corrected chi connectivity index (χ0v) is 14.8. The molecular weight excluding hydrogens is 368 g/mol. The molecule has 2 aromatic carbocycles. The number of rotatable bonds is 7. The van der Waals surface area contributed by atoms with E-state index in [2.05, 4.69) is 0 Å². The Morgan fingerprint density at radius 2 is 1.92 bits per heavy atom. The van der Waals surface area contributed by atoms with Crippen LogP contribution in [0, 0.1) is 6.92 Å². The van der Waals surface area contributed by atoms with Gasteiger partial charge in [-0.2, -0.15) is 0 Å². The van der Waals surface area contributed by atoms with Gasteiger partial charge in [-0.1, -0.05) is 17.7 Å². The number of benzene rings is 2. The number of halogens is 1. The minimum absolute atomic E-state index is 0.00265. The Hall–Kier alpha value is -2.13. The third kappa shape index (κ3) is 5.17. The van der Waals surface area contributed by atoms with Crippen molar-refractivity contribution in [3.05, 3.63) is 58.6 Å². The van der Waals surface area contributed by atoms with Gasteiger partial charge in [0.25, 0.3) is 10.0 Å². The molecule has 0 saturated carbocycles. The fourth-order valence-corrected chi connectivity index (χ4v) is 2.94. The average Bonchev–Trinajstić information content (AvgIpc) is 2.56. The summed E-state index contributed by atoms with van der Waals surface area (Å²) in [7, 11) is -3.88. The van der Waals surface area contributed by atoms with E-state index in [9.17, 15) is 13.2 Å². The van der Waals surface area contributed by atoms with Gasteiger partial charge >= 0.3 is 5.97 Å². The monoisotopic (exact) mass is 384 g/mol. The first-order chi connectivity index (χ1) is 11.7. The van der Waals surface area contributed by atoms with Crippen molar-refractivity contribution in [1.29, 1.82) is 0 Å². The molecule has 0 aliphatic rings. The van der Waals surface area contributed by atoms with Crippen molar-refractivity contribution in [3.8, 4) is 5.75 Å². The highest BCUT2D eigenvalue weighted by molar-refractivity contribution is 7.89. The van der Waals surface area contributed by atoms with E-state index < -0.39 is 22.0 Å². The lowest BCUT2D eigenvalue weighted by Gasteiger charge is -2.13. The lowest BCUT2D eigenvalue weighted by Crippen LogP contribution is -2.32. The van der Waals surface area contributed by atoms with Crippen LogP contribution in [-0.2, 0) is 21.2 Å². The summed E-state index contributed by atoms with van der Waals surface area (Å²) in [5.41, 5.74) is 7.01. The second-order valence-electron chi connectivity index (χ2n) is 5.38. The summed E-state index contributed by atoms with van der Waals surface area (Å²) in [6.45, 7) is 1.80. The Kier molecular flexibility index (Phi) is 6.02. The maximum Gasteiger partial charge on any atom is 0.320 e. The van der Waals surface area contributed by atoms with E-state index in [0.29, 0.717) is 10.6 Å². The zero-order chi connectivity index (χ0) is 18.6. The quantitative estimate of drug-likeness (QED) is 0.627. The highest BCUT2D eigenvalue weighted by Gasteiger charge is 2.17. The van der Waals surface area contributed by atoms with E-state index in [4.69, 9.17) is 27.3 Å². The summed E-state index contributed by atoms with van der Waals surface area (Å²) in [4.78, 5) is 18.0. The minimum Gasteiger partial charge on any atom is -0.480 e. The van der Waals surface area contributed by atoms with Crippen molar-refractivity contribution in [2.45, 2.75) is 24.3 Å². The molecule has 134 valence electrons. The molecule has 0 amide bonds. The number of nitrogens with one attached hydrogen (secondary N) is 1. The molecule has 0 saturated heterocycles. The molecule has 2 rings (SSSR count). The molecule has 0 bridgehead atoms. The number of aryl methyl sites for hydroxylation is 1. The predicted octanol–water partition coefficient (Wildman–Crippen LogP) is 1.88. The molecule has 1 atom stereocenters. The summed E-state index contributed by atoms with van der Waals surface area (Å²) in [6.07, 6.45) is 0.0995. The van der Waals surface area contributed by atoms with Crippen LogP contribution in [0.3, 0.4) is 0 Å². The number of nitrogens with two attached hydrogens (primary N) is 1. The lowest BCUT2D eigenvalue weighted by molar-refractivity contribution is -0.138. The molecule has 9 heteroatoms. The molecule has 0 heterocycles. The first kappa shape index (κ1) is 19.2. The number of carbonyl (C=O) groups is 1. The second-order valence-corrected chi connectivity index (χ2v) is 7.46. The summed E-state index contributed by atoms with van der Waals surface area (Å²) in [5.74, 6) is -0.898. The molecule has 7 nitrogen and oxygen atoms in total. The van der Waals surface area contributed by atoms with Gasteiger partial charge in [0.1, 0.15) is 11.8 Å². The van der Waals surface area contributed by atoms with Crippen molar-refractivity contribution >= 4 is 27.6 Å². The fraction of sp³-hybridized carbons (Fsp3) is 0.188. The Morgan fingerprint density at radius 1 is 1.28 bits per heavy atom. The Morgan fingerprint density at radius 3 is 2.52 bits per heavy atom. The molecular formula is C16H17ClN2O5S. The van der Waals surface area contributed by atoms with Gasteiger partial charge in [0.2, 0.25) is 0 Å². The fourth-order valence-electron chi connectivity index (χ4n) is 2.02. The van der Waals surface area contributed by atoms with Crippen LogP contribution in [-0.4, -0.2) is 25.5 Å². The molecule has 0 unspecified atom stereocenters. The number of carboxylic acids is 1. The molecule has 25 heavy (non-hydrogen) atoms. The van der Waals surface area contributed by atoms with Crippen LogP contribution in [0.1, 0.15) is 11.1 Å². The molecule has 0 fully saturated rings. The van der Waals surface area contributed by atoms with E-state index in [1.54, 1.807) is 25.1 Å². The van der Waals surface area contributed by atoms with Crippen molar-refractivity contribution in [2.75, 3.05) is 0 Å². The highest BCUT2D eigenvalue weighted by atomic mass is 35.5. The first-order valence-corrected chi connectivity index (χ1v) is 9.07. The SMILES string of the molecule is Cc1ccc(ONS(=O)(=O)c2ccc(Cl)cc2)cc1C[C@H](N)C(=O)O. The van der Waals surface area contributed by atoms with Gasteiger partial charge in [0, 0.05) is 5.02 Å². The lowest BCUT2D eigenvalue weighted by atomic mass is 10.0. The van der Waals surface area contributed by atoms with E-state index in [-0.39, 0.29) is 17.1 Å². The van der Waals surface area contributed by atoms with Crippen molar-refractivity contribution < 1.29 is 23.2 Å². The Labute approximate surface area is 150 Å². The smallest absolute Gasteiger partial charge is 0.320 e. The third-order valence-corrected chi connectivity index (χ3v) is 4.92. The van der Waals surface area contributed by atoms with Crippen LogP contribution in [0.15, 0.2) is 47.4 Å². The Balaban J connectivity index is 2.12. The van der Waals surface area contributed by atoms with Gasteiger partial charge in [0.05, 0.1) is 4.90 Å². The van der Waals surface area contributed by atoms with Crippen LogP contribution >= 0.6 is 11.6 Å². The van der Waals surface area contributed by atoms with Gasteiger partial charge in [-0.05, 0) is 65.8 Å². The third-order valence-electron chi connectivity index (χ3n) is 3.47. The minimum atomic E-state index is -3.88. The standard InChI is InChI=1S/C16H17ClN2O5S/c1-10-2-5-13(8-11(10)9-15(18)16(20)21)24-19-25(22,23)14-6-3-12(17)4-7-14/h2-8,15,19H,9,18H2,1H3,(H,20,21)/t15-/m0/s1. The maximum absolute atomic E-state index is 12.2.